The Balaban J connectivity index is 1.96. The van der Waals surface area contributed by atoms with Crippen molar-refractivity contribution in [3.63, 3.8) is 0 Å². The number of pyridine rings is 1. The van der Waals surface area contributed by atoms with Gasteiger partial charge in [-0.15, -0.1) is 0 Å². The van der Waals surface area contributed by atoms with Crippen LogP contribution in [0.5, 0.6) is 0 Å². The van der Waals surface area contributed by atoms with Gasteiger partial charge in [-0.3, -0.25) is 4.98 Å². The van der Waals surface area contributed by atoms with Gasteiger partial charge in [0.1, 0.15) is 6.10 Å². The monoisotopic (exact) mass is 284 g/mol. The zero-order valence-electron chi connectivity index (χ0n) is 11.5. The molecule has 2 aromatic rings. The van der Waals surface area contributed by atoms with Crippen molar-refractivity contribution in [1.29, 1.82) is 0 Å². The summed E-state index contributed by atoms with van der Waals surface area (Å²) in [4.78, 5) is 14.7. The summed E-state index contributed by atoms with van der Waals surface area (Å²) in [6, 6.07) is 10.0. The van der Waals surface area contributed by atoms with E-state index in [0.29, 0.717) is 6.61 Å². The van der Waals surface area contributed by atoms with E-state index in [1.54, 1.807) is 12.4 Å². The standard InChI is InChI=1S/C16H16N2O3/c19-16(20)18-10-15-14-3-1-2-12(13(14)6-9-21-15)11-4-7-17-8-5-11/h1-5,7-8,15,18H,6,9-10H2,(H,19,20). The van der Waals surface area contributed by atoms with Crippen molar-refractivity contribution in [3.05, 3.63) is 53.9 Å². The van der Waals surface area contributed by atoms with Gasteiger partial charge in [0.25, 0.3) is 0 Å². The van der Waals surface area contributed by atoms with Crippen LogP contribution in [0.4, 0.5) is 4.79 Å². The predicted molar refractivity (Wildman–Crippen MR) is 78.1 cm³/mol. The summed E-state index contributed by atoms with van der Waals surface area (Å²) in [7, 11) is 0. The van der Waals surface area contributed by atoms with Crippen molar-refractivity contribution in [2.75, 3.05) is 13.2 Å². The fourth-order valence-corrected chi connectivity index (χ4v) is 2.73. The maximum Gasteiger partial charge on any atom is 0.404 e. The molecule has 5 heteroatoms. The lowest BCUT2D eigenvalue weighted by Gasteiger charge is -2.27. The number of rotatable bonds is 3. The normalized spacial score (nSPS) is 17.0. The molecule has 0 saturated carbocycles. The molecule has 1 amide bonds. The first kappa shape index (κ1) is 13.6. The number of hydrogen-bond donors (Lipinski definition) is 2. The minimum atomic E-state index is -1.03. The van der Waals surface area contributed by atoms with Crippen LogP contribution in [0.1, 0.15) is 17.2 Å². The van der Waals surface area contributed by atoms with Crippen LogP contribution in [-0.4, -0.2) is 29.3 Å². The quantitative estimate of drug-likeness (QED) is 0.909. The SMILES string of the molecule is O=C(O)NCC1OCCc2c(-c3ccncc3)cccc21. The third kappa shape index (κ3) is 2.87. The first-order valence-corrected chi connectivity index (χ1v) is 6.86. The van der Waals surface area contributed by atoms with E-state index in [1.807, 2.05) is 24.3 Å². The van der Waals surface area contributed by atoms with Crippen LogP contribution >= 0.6 is 0 Å². The molecule has 0 aliphatic carbocycles. The van der Waals surface area contributed by atoms with Crippen molar-refractivity contribution in [2.24, 2.45) is 0 Å². The van der Waals surface area contributed by atoms with Crippen molar-refractivity contribution in [2.45, 2.75) is 12.5 Å². The summed E-state index contributed by atoms with van der Waals surface area (Å²) >= 11 is 0. The molecule has 1 unspecified atom stereocenters. The second-order valence-corrected chi connectivity index (χ2v) is 4.90. The van der Waals surface area contributed by atoms with Crippen molar-refractivity contribution in [1.82, 2.24) is 10.3 Å². The maximum atomic E-state index is 10.7. The highest BCUT2D eigenvalue weighted by Gasteiger charge is 2.23. The molecule has 1 aliphatic rings. The smallest absolute Gasteiger partial charge is 0.404 e. The number of fused-ring (bicyclic) bond motifs is 1. The largest absolute Gasteiger partial charge is 0.465 e. The average Bonchev–Trinajstić information content (AvgIpc) is 2.53. The molecule has 2 heterocycles. The molecule has 0 saturated heterocycles. The molecule has 21 heavy (non-hydrogen) atoms. The first-order valence-electron chi connectivity index (χ1n) is 6.86. The average molecular weight is 284 g/mol. The molecule has 108 valence electrons. The Morgan fingerprint density at radius 1 is 1.33 bits per heavy atom. The molecule has 1 aromatic carbocycles. The molecule has 1 atom stereocenters. The Morgan fingerprint density at radius 3 is 2.90 bits per heavy atom. The summed E-state index contributed by atoms with van der Waals surface area (Å²) in [5.41, 5.74) is 4.57. The van der Waals surface area contributed by atoms with Crippen LogP contribution in [0.2, 0.25) is 0 Å². The van der Waals surface area contributed by atoms with E-state index in [-0.39, 0.29) is 12.6 Å². The lowest BCUT2D eigenvalue weighted by atomic mass is 9.90. The Morgan fingerprint density at radius 2 is 2.14 bits per heavy atom. The topological polar surface area (TPSA) is 71.5 Å². The Bertz CT molecular complexity index is 643. The summed E-state index contributed by atoms with van der Waals surface area (Å²) in [5, 5.41) is 11.1. The van der Waals surface area contributed by atoms with Crippen LogP contribution in [0.25, 0.3) is 11.1 Å². The molecule has 3 rings (SSSR count). The van der Waals surface area contributed by atoms with E-state index in [2.05, 4.69) is 16.4 Å². The number of carboxylic acid groups (broad SMARTS) is 1. The number of ether oxygens (including phenoxy) is 1. The van der Waals surface area contributed by atoms with Gasteiger partial charge >= 0.3 is 6.09 Å². The number of nitrogens with one attached hydrogen (secondary N) is 1. The molecular weight excluding hydrogens is 268 g/mol. The molecule has 0 fully saturated rings. The van der Waals surface area contributed by atoms with Gasteiger partial charge in [-0.05, 0) is 40.8 Å². The number of nitrogens with zero attached hydrogens (tertiary/aromatic N) is 1. The van der Waals surface area contributed by atoms with Crippen molar-refractivity contribution >= 4 is 6.09 Å². The van der Waals surface area contributed by atoms with E-state index in [1.165, 1.54) is 11.1 Å². The molecule has 1 aromatic heterocycles. The van der Waals surface area contributed by atoms with Crippen molar-refractivity contribution in [3.8, 4) is 11.1 Å². The fourth-order valence-electron chi connectivity index (χ4n) is 2.73. The van der Waals surface area contributed by atoms with Gasteiger partial charge in [0.2, 0.25) is 0 Å². The van der Waals surface area contributed by atoms with Crippen molar-refractivity contribution < 1.29 is 14.6 Å². The highest BCUT2D eigenvalue weighted by molar-refractivity contribution is 5.69. The Labute approximate surface area is 122 Å². The predicted octanol–water partition coefficient (Wildman–Crippen LogP) is 2.63. The highest BCUT2D eigenvalue weighted by Crippen LogP contribution is 2.34. The molecule has 1 aliphatic heterocycles. The summed E-state index contributed by atoms with van der Waals surface area (Å²) < 4.78 is 5.71. The Hall–Kier alpha value is -2.40. The highest BCUT2D eigenvalue weighted by atomic mass is 16.5. The van der Waals surface area contributed by atoms with Crippen LogP contribution in [-0.2, 0) is 11.2 Å². The number of benzene rings is 1. The first-order chi connectivity index (χ1) is 10.3. The third-order valence-electron chi connectivity index (χ3n) is 3.66. The zero-order chi connectivity index (χ0) is 14.7. The van der Waals surface area contributed by atoms with Crippen LogP contribution in [0, 0.1) is 0 Å². The molecule has 0 bridgehead atoms. The number of hydrogen-bond acceptors (Lipinski definition) is 3. The molecule has 2 N–H and O–H groups in total. The van der Waals surface area contributed by atoms with E-state index >= 15 is 0 Å². The van der Waals surface area contributed by atoms with Gasteiger partial charge in [0, 0.05) is 12.4 Å². The fraction of sp³-hybridized carbons (Fsp3) is 0.250. The van der Waals surface area contributed by atoms with Gasteiger partial charge in [-0.1, -0.05) is 18.2 Å². The summed E-state index contributed by atoms with van der Waals surface area (Å²) in [6.45, 7) is 0.864. The second-order valence-electron chi connectivity index (χ2n) is 4.90. The third-order valence-corrected chi connectivity index (χ3v) is 3.66. The van der Waals surface area contributed by atoms with E-state index in [9.17, 15) is 4.79 Å². The molecule has 5 nitrogen and oxygen atoms in total. The molecule has 0 spiro atoms. The lowest BCUT2D eigenvalue weighted by Crippen LogP contribution is -2.30. The molecule has 0 radical (unpaired) electrons. The minimum absolute atomic E-state index is 0.230. The van der Waals surface area contributed by atoms with Gasteiger partial charge in [-0.2, -0.15) is 0 Å². The maximum absolute atomic E-state index is 10.7. The van der Waals surface area contributed by atoms with E-state index < -0.39 is 6.09 Å². The van der Waals surface area contributed by atoms with E-state index in [4.69, 9.17) is 9.84 Å². The van der Waals surface area contributed by atoms with Gasteiger partial charge in [0.05, 0.1) is 13.2 Å². The number of amides is 1. The number of aromatic nitrogens is 1. The zero-order valence-corrected chi connectivity index (χ0v) is 11.5. The lowest BCUT2D eigenvalue weighted by molar-refractivity contribution is 0.0428. The number of carbonyl (C=O) groups is 1. The van der Waals surface area contributed by atoms with E-state index in [0.717, 1.165) is 17.5 Å². The molecular formula is C16H16N2O3. The van der Waals surface area contributed by atoms with Crippen LogP contribution < -0.4 is 5.32 Å². The van der Waals surface area contributed by atoms with Crippen LogP contribution in [0.3, 0.4) is 0 Å². The van der Waals surface area contributed by atoms with Gasteiger partial charge in [0.15, 0.2) is 0 Å². The Kier molecular flexibility index (Phi) is 3.83. The van der Waals surface area contributed by atoms with Crippen LogP contribution in [0.15, 0.2) is 42.7 Å². The van der Waals surface area contributed by atoms with Gasteiger partial charge in [-0.25, -0.2) is 4.79 Å². The summed E-state index contributed by atoms with van der Waals surface area (Å²) in [5.74, 6) is 0. The minimum Gasteiger partial charge on any atom is -0.465 e. The second kappa shape index (κ2) is 5.93. The van der Waals surface area contributed by atoms with Gasteiger partial charge < -0.3 is 15.2 Å². The summed E-state index contributed by atoms with van der Waals surface area (Å²) in [6.07, 6.45) is 3.12.